The minimum absolute atomic E-state index is 0.127. The fourth-order valence-corrected chi connectivity index (χ4v) is 3.29. The summed E-state index contributed by atoms with van der Waals surface area (Å²) in [5.41, 5.74) is 13.8. The van der Waals surface area contributed by atoms with Gasteiger partial charge in [0, 0.05) is 12.6 Å². The molecule has 0 saturated carbocycles. The number of hydrogen-bond acceptors (Lipinski definition) is 9. The van der Waals surface area contributed by atoms with Crippen molar-refractivity contribution < 1.29 is 14.5 Å². The Morgan fingerprint density at radius 3 is 2.61 bits per heavy atom. The van der Waals surface area contributed by atoms with Crippen molar-refractivity contribution in [2.75, 3.05) is 12.3 Å². The number of pyridine rings is 1. The number of aryl methyl sites for hydroxylation is 1. The highest BCUT2D eigenvalue weighted by molar-refractivity contribution is 5.86. The van der Waals surface area contributed by atoms with Gasteiger partial charge in [0.1, 0.15) is 23.4 Å². The van der Waals surface area contributed by atoms with E-state index in [4.69, 9.17) is 20.8 Å². The number of benzene rings is 1. The lowest BCUT2D eigenvalue weighted by Crippen LogP contribution is -2.19. The van der Waals surface area contributed by atoms with E-state index in [1.165, 1.54) is 0 Å². The molecule has 10 nitrogen and oxygen atoms in total. The van der Waals surface area contributed by atoms with Gasteiger partial charge in [-0.25, -0.2) is 14.6 Å². The number of nitrogens with zero attached hydrogens (tertiary/aromatic N) is 5. The summed E-state index contributed by atoms with van der Waals surface area (Å²) in [5.74, 6) is 6.64. The average molecular weight is 447 g/mol. The minimum Gasteiger partial charge on any atom is -0.476 e. The lowest BCUT2D eigenvalue weighted by atomic mass is 10.1. The van der Waals surface area contributed by atoms with Crippen LogP contribution in [0.2, 0.25) is 0 Å². The maximum atomic E-state index is 10.1. The molecular weight excluding hydrogens is 422 g/mol. The van der Waals surface area contributed by atoms with Crippen LogP contribution in [0.15, 0.2) is 41.0 Å². The van der Waals surface area contributed by atoms with E-state index >= 15 is 0 Å². The lowest BCUT2D eigenvalue weighted by Gasteiger charge is -2.13. The first-order chi connectivity index (χ1) is 15.8. The van der Waals surface area contributed by atoms with Crippen molar-refractivity contribution in [1.82, 2.24) is 24.8 Å². The molecule has 3 heterocycles. The quantitative estimate of drug-likeness (QED) is 0.378. The number of aromatic nitrogens is 5. The van der Waals surface area contributed by atoms with Gasteiger partial charge >= 0.3 is 0 Å². The number of anilines is 1. The van der Waals surface area contributed by atoms with Crippen molar-refractivity contribution in [3.8, 4) is 29.2 Å². The summed E-state index contributed by atoms with van der Waals surface area (Å²) >= 11 is 0. The largest absolute Gasteiger partial charge is 0.476 e. The van der Waals surface area contributed by atoms with Crippen molar-refractivity contribution in [1.29, 1.82) is 0 Å². The van der Waals surface area contributed by atoms with Crippen molar-refractivity contribution in [3.05, 3.63) is 47.7 Å². The topological polar surface area (TPSA) is 151 Å². The zero-order valence-corrected chi connectivity index (χ0v) is 18.6. The fraction of sp³-hybridized carbons (Fsp3) is 0.304. The van der Waals surface area contributed by atoms with Gasteiger partial charge in [0.15, 0.2) is 17.3 Å². The number of nitrogen functional groups attached to an aromatic ring is 1. The molecule has 0 saturated heterocycles. The summed E-state index contributed by atoms with van der Waals surface area (Å²) in [4.78, 5) is 9.20. The molecule has 4 aromatic rings. The van der Waals surface area contributed by atoms with Crippen LogP contribution in [0.1, 0.15) is 38.1 Å². The molecule has 33 heavy (non-hydrogen) atoms. The van der Waals surface area contributed by atoms with Gasteiger partial charge in [0.2, 0.25) is 5.88 Å². The Balaban J connectivity index is 1.79. The summed E-state index contributed by atoms with van der Waals surface area (Å²) in [6.07, 6.45) is 0. The van der Waals surface area contributed by atoms with Crippen molar-refractivity contribution in [2.24, 2.45) is 5.73 Å². The number of imidazole rings is 1. The first kappa shape index (κ1) is 22.3. The first-order valence-electron chi connectivity index (χ1n) is 10.5. The maximum Gasteiger partial charge on any atom is 0.216 e. The third kappa shape index (κ3) is 4.79. The maximum absolute atomic E-state index is 10.1. The second-order valence-electron chi connectivity index (χ2n) is 7.99. The zero-order valence-electron chi connectivity index (χ0n) is 18.6. The van der Waals surface area contributed by atoms with Gasteiger partial charge in [-0.15, -0.1) is 0 Å². The molecule has 10 heteroatoms. The van der Waals surface area contributed by atoms with Gasteiger partial charge < -0.3 is 25.9 Å². The van der Waals surface area contributed by atoms with E-state index in [1.54, 1.807) is 19.9 Å². The standard InChI is InChI=1S/C23H25N7O3/c1-4-30-17-12-18(32-13-15(24)14-8-6-5-7-9-14)26-16(10-11-23(2,3)31)19(17)27-22(30)20-21(25)29-33-28-20/h5-9,12,15,31H,4,13,24H2,1-3H3,(H2,25,29)/t15-/m1/s1. The molecule has 0 aliphatic carbocycles. The summed E-state index contributed by atoms with van der Waals surface area (Å²) in [6, 6.07) is 11.1. The van der Waals surface area contributed by atoms with Gasteiger partial charge in [-0.3, -0.25) is 0 Å². The highest BCUT2D eigenvalue weighted by Crippen LogP contribution is 2.30. The Bertz CT molecular complexity index is 1330. The van der Waals surface area contributed by atoms with Crippen LogP contribution in [0.4, 0.5) is 5.82 Å². The van der Waals surface area contributed by atoms with Crippen molar-refractivity contribution in [2.45, 2.75) is 39.0 Å². The number of rotatable bonds is 6. The molecule has 1 atom stereocenters. The second kappa shape index (κ2) is 8.90. The molecule has 0 amide bonds. The Hall–Kier alpha value is -3.94. The number of ether oxygens (including phenoxy) is 1. The van der Waals surface area contributed by atoms with Crippen molar-refractivity contribution >= 4 is 16.9 Å². The predicted octanol–water partition coefficient (Wildman–Crippen LogP) is 2.28. The summed E-state index contributed by atoms with van der Waals surface area (Å²) < 4.78 is 12.6. The number of nitrogens with two attached hydrogens (primary N) is 2. The average Bonchev–Trinajstić information content (AvgIpc) is 3.38. The van der Waals surface area contributed by atoms with Crippen LogP contribution in [-0.4, -0.2) is 42.2 Å². The second-order valence-corrected chi connectivity index (χ2v) is 7.99. The summed E-state index contributed by atoms with van der Waals surface area (Å²) in [5, 5.41) is 17.6. The molecule has 0 fully saturated rings. The van der Waals surface area contributed by atoms with E-state index in [0.29, 0.717) is 40.7 Å². The Labute approximate surface area is 190 Å². The molecule has 0 bridgehead atoms. The van der Waals surface area contributed by atoms with Crippen LogP contribution in [0.25, 0.3) is 22.6 Å². The normalized spacial score (nSPS) is 12.4. The molecule has 0 unspecified atom stereocenters. The summed E-state index contributed by atoms with van der Waals surface area (Å²) in [7, 11) is 0. The van der Waals surface area contributed by atoms with Crippen LogP contribution < -0.4 is 16.2 Å². The van der Waals surface area contributed by atoms with Crippen molar-refractivity contribution in [3.63, 3.8) is 0 Å². The van der Waals surface area contributed by atoms with Crippen LogP contribution in [0.3, 0.4) is 0 Å². The monoisotopic (exact) mass is 447 g/mol. The molecule has 4 rings (SSSR count). The van der Waals surface area contributed by atoms with E-state index in [2.05, 4.69) is 32.1 Å². The van der Waals surface area contributed by atoms with Crippen LogP contribution in [0, 0.1) is 11.8 Å². The molecule has 5 N–H and O–H groups in total. The highest BCUT2D eigenvalue weighted by Gasteiger charge is 2.22. The first-order valence-corrected chi connectivity index (χ1v) is 10.5. The van der Waals surface area contributed by atoms with E-state index in [-0.39, 0.29) is 18.5 Å². The van der Waals surface area contributed by atoms with Gasteiger partial charge in [-0.2, -0.15) is 0 Å². The molecule has 3 aromatic heterocycles. The number of fused-ring (bicyclic) bond motifs is 1. The molecule has 0 spiro atoms. The Kier molecular flexibility index (Phi) is 6.00. The smallest absolute Gasteiger partial charge is 0.216 e. The van der Waals surface area contributed by atoms with E-state index < -0.39 is 5.60 Å². The summed E-state index contributed by atoms with van der Waals surface area (Å²) in [6.45, 7) is 5.92. The Morgan fingerprint density at radius 2 is 1.97 bits per heavy atom. The SMILES string of the molecule is CCn1c(-c2nonc2N)nc2c(C#CC(C)(C)O)nc(OC[C@@H](N)c3ccccc3)cc21. The molecule has 0 aliphatic heterocycles. The molecule has 0 aliphatic rings. The minimum atomic E-state index is -1.21. The van der Waals surface area contributed by atoms with Gasteiger partial charge in [0.05, 0.1) is 11.6 Å². The predicted molar refractivity (Wildman–Crippen MR) is 123 cm³/mol. The lowest BCUT2D eigenvalue weighted by molar-refractivity contribution is 0.143. The van der Waals surface area contributed by atoms with Crippen LogP contribution >= 0.6 is 0 Å². The number of aliphatic hydroxyl groups is 1. The van der Waals surface area contributed by atoms with E-state index in [1.807, 2.05) is 41.8 Å². The molecule has 170 valence electrons. The van der Waals surface area contributed by atoms with Gasteiger partial charge in [-0.05, 0) is 42.6 Å². The van der Waals surface area contributed by atoms with E-state index in [0.717, 1.165) is 5.56 Å². The zero-order chi connectivity index (χ0) is 23.6. The van der Waals surface area contributed by atoms with Gasteiger partial charge in [-0.1, -0.05) is 36.3 Å². The molecule has 1 aromatic carbocycles. The Morgan fingerprint density at radius 1 is 1.21 bits per heavy atom. The van der Waals surface area contributed by atoms with Crippen LogP contribution in [0.5, 0.6) is 5.88 Å². The molecule has 0 radical (unpaired) electrons. The third-order valence-corrected chi connectivity index (χ3v) is 4.88. The highest BCUT2D eigenvalue weighted by atomic mass is 16.6. The van der Waals surface area contributed by atoms with Crippen LogP contribution in [-0.2, 0) is 6.54 Å². The third-order valence-electron chi connectivity index (χ3n) is 4.88. The van der Waals surface area contributed by atoms with E-state index in [9.17, 15) is 5.11 Å². The van der Waals surface area contributed by atoms with Gasteiger partial charge in [0.25, 0.3) is 0 Å². The number of hydrogen-bond donors (Lipinski definition) is 3. The fourth-order valence-electron chi connectivity index (χ4n) is 3.29. The molecular formula is C23H25N7O3.